The standard InChI is InChI=1S/C21H28N4O2/c1-13(2)18-12-17(24-25(18)21(3,4)5)20(27)23-16-9-7-6-8-15(16)19(26)22-14-10-11-14/h6-9,12-14H,10-11H2,1-5H3,(H,22,26)(H,23,27). The van der Waals surface area contributed by atoms with Crippen molar-refractivity contribution in [2.75, 3.05) is 5.32 Å². The number of benzene rings is 1. The fourth-order valence-electron chi connectivity index (χ4n) is 2.92. The Hall–Kier alpha value is -2.63. The van der Waals surface area contributed by atoms with Gasteiger partial charge in [0.25, 0.3) is 11.8 Å². The predicted octanol–water partition coefficient (Wildman–Crippen LogP) is 3.91. The van der Waals surface area contributed by atoms with E-state index in [-0.39, 0.29) is 29.3 Å². The summed E-state index contributed by atoms with van der Waals surface area (Å²) in [7, 11) is 0. The number of para-hydroxylation sites is 1. The van der Waals surface area contributed by atoms with Crippen LogP contribution in [0.5, 0.6) is 0 Å². The van der Waals surface area contributed by atoms with E-state index in [2.05, 4.69) is 50.4 Å². The van der Waals surface area contributed by atoms with Gasteiger partial charge in [0, 0.05) is 11.7 Å². The number of aromatic nitrogens is 2. The fourth-order valence-corrected chi connectivity index (χ4v) is 2.92. The van der Waals surface area contributed by atoms with Crippen molar-refractivity contribution in [3.8, 4) is 0 Å². The molecule has 1 aromatic heterocycles. The highest BCUT2D eigenvalue weighted by atomic mass is 16.2. The van der Waals surface area contributed by atoms with Crippen molar-refractivity contribution in [1.29, 1.82) is 0 Å². The van der Waals surface area contributed by atoms with Crippen LogP contribution in [-0.2, 0) is 5.54 Å². The summed E-state index contributed by atoms with van der Waals surface area (Å²) in [5.74, 6) is -0.224. The van der Waals surface area contributed by atoms with Crippen molar-refractivity contribution < 1.29 is 9.59 Å². The molecule has 0 bridgehead atoms. The van der Waals surface area contributed by atoms with E-state index in [1.165, 1.54) is 0 Å². The van der Waals surface area contributed by atoms with Gasteiger partial charge in [0.2, 0.25) is 0 Å². The highest BCUT2D eigenvalue weighted by Crippen LogP contribution is 2.25. The van der Waals surface area contributed by atoms with Crippen LogP contribution in [0.4, 0.5) is 5.69 Å². The summed E-state index contributed by atoms with van der Waals surface area (Å²) >= 11 is 0. The number of amides is 2. The number of carbonyl (C=O) groups is 2. The van der Waals surface area contributed by atoms with Gasteiger partial charge >= 0.3 is 0 Å². The zero-order valence-corrected chi connectivity index (χ0v) is 16.7. The van der Waals surface area contributed by atoms with Crippen molar-refractivity contribution in [2.45, 2.75) is 65.0 Å². The van der Waals surface area contributed by atoms with Gasteiger partial charge in [-0.15, -0.1) is 0 Å². The molecule has 1 heterocycles. The van der Waals surface area contributed by atoms with E-state index >= 15 is 0 Å². The van der Waals surface area contributed by atoms with E-state index in [1.807, 2.05) is 10.7 Å². The van der Waals surface area contributed by atoms with E-state index < -0.39 is 0 Å². The molecule has 0 atom stereocenters. The van der Waals surface area contributed by atoms with Crippen molar-refractivity contribution in [1.82, 2.24) is 15.1 Å². The molecular weight excluding hydrogens is 340 g/mol. The minimum atomic E-state index is -0.313. The Morgan fingerprint density at radius 1 is 1.15 bits per heavy atom. The SMILES string of the molecule is CC(C)c1cc(C(=O)Nc2ccccc2C(=O)NC2CC2)nn1C(C)(C)C. The zero-order valence-electron chi connectivity index (χ0n) is 16.7. The second kappa shape index (κ2) is 7.18. The number of nitrogens with zero attached hydrogens (tertiary/aromatic N) is 2. The molecule has 0 saturated heterocycles. The number of carbonyl (C=O) groups excluding carboxylic acids is 2. The molecule has 6 nitrogen and oxygen atoms in total. The molecule has 2 amide bonds. The van der Waals surface area contributed by atoms with Crippen molar-refractivity contribution in [3.05, 3.63) is 47.3 Å². The summed E-state index contributed by atoms with van der Waals surface area (Å²) in [6.45, 7) is 10.3. The van der Waals surface area contributed by atoms with Crippen LogP contribution in [0.25, 0.3) is 0 Å². The van der Waals surface area contributed by atoms with E-state index in [0.717, 1.165) is 18.5 Å². The number of hydrogen-bond acceptors (Lipinski definition) is 3. The minimum absolute atomic E-state index is 0.156. The summed E-state index contributed by atoms with van der Waals surface area (Å²) in [5, 5.41) is 10.4. The molecule has 1 aromatic carbocycles. The lowest BCUT2D eigenvalue weighted by Crippen LogP contribution is -2.27. The Balaban J connectivity index is 1.85. The van der Waals surface area contributed by atoms with Gasteiger partial charge in [-0.25, -0.2) is 0 Å². The van der Waals surface area contributed by atoms with Crippen LogP contribution in [0.15, 0.2) is 30.3 Å². The van der Waals surface area contributed by atoms with Crippen molar-refractivity contribution >= 4 is 17.5 Å². The van der Waals surface area contributed by atoms with E-state index in [0.29, 0.717) is 16.9 Å². The number of nitrogens with one attached hydrogen (secondary N) is 2. The molecule has 1 saturated carbocycles. The Bertz CT molecular complexity index is 857. The molecule has 2 aromatic rings. The first kappa shape index (κ1) is 19.1. The van der Waals surface area contributed by atoms with Crippen LogP contribution < -0.4 is 10.6 Å². The van der Waals surface area contributed by atoms with E-state index in [4.69, 9.17) is 0 Å². The third-order valence-electron chi connectivity index (χ3n) is 4.53. The topological polar surface area (TPSA) is 76.0 Å². The summed E-state index contributed by atoms with van der Waals surface area (Å²) in [6.07, 6.45) is 2.03. The molecule has 6 heteroatoms. The predicted molar refractivity (Wildman–Crippen MR) is 106 cm³/mol. The lowest BCUT2D eigenvalue weighted by Gasteiger charge is -2.23. The van der Waals surface area contributed by atoms with Crippen LogP contribution >= 0.6 is 0 Å². The monoisotopic (exact) mass is 368 g/mol. The van der Waals surface area contributed by atoms with Crippen molar-refractivity contribution in [3.63, 3.8) is 0 Å². The Labute approximate surface area is 160 Å². The smallest absolute Gasteiger partial charge is 0.276 e. The Kier molecular flexibility index (Phi) is 5.09. The summed E-state index contributed by atoms with van der Waals surface area (Å²) in [5.41, 5.74) is 2.10. The average molecular weight is 368 g/mol. The third-order valence-corrected chi connectivity index (χ3v) is 4.53. The highest BCUT2D eigenvalue weighted by molar-refractivity contribution is 6.08. The number of anilines is 1. The Morgan fingerprint density at radius 3 is 2.37 bits per heavy atom. The molecule has 27 heavy (non-hydrogen) atoms. The van der Waals surface area contributed by atoms with Crippen molar-refractivity contribution in [2.24, 2.45) is 0 Å². The second-order valence-corrected chi connectivity index (χ2v) is 8.44. The first-order valence-electron chi connectivity index (χ1n) is 9.48. The van der Waals surface area contributed by atoms with Crippen LogP contribution in [0, 0.1) is 0 Å². The maximum Gasteiger partial charge on any atom is 0.276 e. The molecule has 0 spiro atoms. The summed E-state index contributed by atoms with van der Waals surface area (Å²) < 4.78 is 1.90. The largest absolute Gasteiger partial charge is 0.349 e. The molecule has 0 unspecified atom stereocenters. The van der Waals surface area contributed by atoms with E-state index in [1.54, 1.807) is 24.3 Å². The molecular formula is C21H28N4O2. The lowest BCUT2D eigenvalue weighted by molar-refractivity contribution is 0.0952. The van der Waals surface area contributed by atoms with Crippen LogP contribution in [0.3, 0.4) is 0 Å². The Morgan fingerprint density at radius 2 is 1.81 bits per heavy atom. The maximum atomic E-state index is 12.8. The normalized spacial score (nSPS) is 14.3. The molecule has 1 fully saturated rings. The van der Waals surface area contributed by atoms with Gasteiger partial charge in [0.1, 0.15) is 0 Å². The number of rotatable bonds is 5. The van der Waals surface area contributed by atoms with Crippen LogP contribution in [0.2, 0.25) is 0 Å². The maximum absolute atomic E-state index is 12.8. The van der Waals surface area contributed by atoms with Gasteiger partial charge in [-0.05, 0) is 57.7 Å². The van der Waals surface area contributed by atoms with Gasteiger partial charge < -0.3 is 10.6 Å². The van der Waals surface area contributed by atoms with Crippen LogP contribution in [0.1, 0.15) is 79.9 Å². The molecule has 144 valence electrons. The fraction of sp³-hybridized carbons (Fsp3) is 0.476. The molecule has 0 aliphatic heterocycles. The first-order valence-corrected chi connectivity index (χ1v) is 9.48. The van der Waals surface area contributed by atoms with Gasteiger partial charge in [-0.2, -0.15) is 5.10 Å². The van der Waals surface area contributed by atoms with Crippen LogP contribution in [-0.4, -0.2) is 27.6 Å². The summed E-state index contributed by atoms with van der Waals surface area (Å²) in [6, 6.07) is 9.15. The minimum Gasteiger partial charge on any atom is -0.349 e. The molecule has 0 radical (unpaired) electrons. The lowest BCUT2D eigenvalue weighted by atomic mass is 10.1. The molecule has 1 aliphatic rings. The third kappa shape index (κ3) is 4.38. The molecule has 2 N–H and O–H groups in total. The second-order valence-electron chi connectivity index (χ2n) is 8.44. The molecule has 1 aliphatic carbocycles. The summed E-state index contributed by atoms with van der Waals surface area (Å²) in [4.78, 5) is 25.3. The average Bonchev–Trinajstić information content (AvgIpc) is 3.26. The van der Waals surface area contributed by atoms with Gasteiger partial charge in [0.05, 0.1) is 16.8 Å². The van der Waals surface area contributed by atoms with Gasteiger partial charge in [-0.1, -0.05) is 26.0 Å². The first-order chi connectivity index (χ1) is 12.7. The quantitative estimate of drug-likeness (QED) is 0.840. The zero-order chi connectivity index (χ0) is 19.8. The van der Waals surface area contributed by atoms with Gasteiger partial charge in [0.15, 0.2) is 5.69 Å². The highest BCUT2D eigenvalue weighted by Gasteiger charge is 2.26. The van der Waals surface area contributed by atoms with Gasteiger partial charge in [-0.3, -0.25) is 14.3 Å². The molecule has 3 rings (SSSR count). The number of hydrogen-bond donors (Lipinski definition) is 2. The van der Waals surface area contributed by atoms with E-state index in [9.17, 15) is 9.59 Å².